The van der Waals surface area contributed by atoms with Gasteiger partial charge >= 0.3 is 0 Å². The lowest BCUT2D eigenvalue weighted by atomic mass is 10.1. The SMILES string of the molecule is Cc1ccc(-c2cnc(N)c(C(=O)Cc3ccc(S(=O)(=O)NS(C)(=O)=O)cc3)n2)cc1. The van der Waals surface area contributed by atoms with Crippen molar-refractivity contribution in [2.24, 2.45) is 0 Å². The number of nitrogens with zero attached hydrogens (tertiary/aromatic N) is 2. The van der Waals surface area contributed by atoms with Crippen molar-refractivity contribution in [1.29, 1.82) is 0 Å². The minimum atomic E-state index is -4.23. The molecule has 0 saturated heterocycles. The highest BCUT2D eigenvalue weighted by molar-refractivity contribution is 8.04. The molecule has 0 aliphatic rings. The molecule has 0 saturated carbocycles. The van der Waals surface area contributed by atoms with E-state index < -0.39 is 20.0 Å². The third-order valence-corrected chi connectivity index (χ3v) is 7.25. The van der Waals surface area contributed by atoms with Gasteiger partial charge in [-0.15, -0.1) is 4.13 Å². The molecule has 0 fully saturated rings. The molecule has 0 radical (unpaired) electrons. The van der Waals surface area contributed by atoms with Crippen molar-refractivity contribution in [2.75, 3.05) is 12.0 Å². The molecule has 0 bridgehead atoms. The Kier molecular flexibility index (Phi) is 6.20. The molecular weight excluding hydrogens is 440 g/mol. The maximum absolute atomic E-state index is 12.7. The minimum absolute atomic E-state index is 0.00240. The highest BCUT2D eigenvalue weighted by Crippen LogP contribution is 2.20. The first-order chi connectivity index (χ1) is 14.4. The molecule has 3 N–H and O–H groups in total. The molecule has 0 unspecified atom stereocenters. The molecule has 9 nitrogen and oxygen atoms in total. The van der Waals surface area contributed by atoms with Crippen LogP contribution in [0.3, 0.4) is 0 Å². The first kappa shape index (κ1) is 22.5. The van der Waals surface area contributed by atoms with E-state index in [1.165, 1.54) is 30.5 Å². The summed E-state index contributed by atoms with van der Waals surface area (Å²) >= 11 is 0. The number of carbonyl (C=O) groups excluding carboxylic acids is 1. The van der Waals surface area contributed by atoms with Gasteiger partial charge in [0.25, 0.3) is 10.0 Å². The van der Waals surface area contributed by atoms with Gasteiger partial charge in [0.1, 0.15) is 5.69 Å². The third kappa shape index (κ3) is 5.72. The first-order valence-corrected chi connectivity index (χ1v) is 12.4. The quantitative estimate of drug-likeness (QED) is 0.506. The number of aromatic nitrogens is 2. The molecule has 11 heteroatoms. The van der Waals surface area contributed by atoms with Gasteiger partial charge in [0, 0.05) is 12.0 Å². The molecule has 162 valence electrons. The number of ketones is 1. The molecule has 3 aromatic rings. The topological polar surface area (TPSA) is 149 Å². The van der Waals surface area contributed by atoms with Gasteiger partial charge in [-0.3, -0.25) is 4.79 Å². The third-order valence-electron chi connectivity index (χ3n) is 4.27. The number of nitrogen functional groups attached to an aromatic ring is 1. The number of sulfonamides is 2. The number of Topliss-reactive ketones (excluding diaryl/α,β-unsaturated/α-hetero) is 1. The smallest absolute Gasteiger partial charge is 0.253 e. The van der Waals surface area contributed by atoms with Crippen LogP contribution in [0.1, 0.15) is 21.6 Å². The van der Waals surface area contributed by atoms with E-state index in [1.54, 1.807) is 4.13 Å². The van der Waals surface area contributed by atoms with Crippen LogP contribution in [0.15, 0.2) is 59.6 Å². The summed E-state index contributed by atoms with van der Waals surface area (Å²) < 4.78 is 48.1. The van der Waals surface area contributed by atoms with Crippen molar-refractivity contribution < 1.29 is 21.6 Å². The lowest BCUT2D eigenvalue weighted by Crippen LogP contribution is -2.29. The lowest BCUT2D eigenvalue weighted by Gasteiger charge is -2.08. The monoisotopic (exact) mass is 460 g/mol. The van der Waals surface area contributed by atoms with Gasteiger partial charge in [0.2, 0.25) is 10.0 Å². The minimum Gasteiger partial charge on any atom is -0.382 e. The summed E-state index contributed by atoms with van der Waals surface area (Å²) in [6, 6.07) is 12.8. The number of nitrogens with two attached hydrogens (primary N) is 1. The molecule has 0 atom stereocenters. The Bertz CT molecular complexity index is 1340. The zero-order valence-corrected chi connectivity index (χ0v) is 18.4. The summed E-state index contributed by atoms with van der Waals surface area (Å²) in [5, 5.41) is 0. The van der Waals surface area contributed by atoms with Gasteiger partial charge in [-0.05, 0) is 24.6 Å². The second-order valence-corrected chi connectivity index (χ2v) is 10.6. The summed E-state index contributed by atoms with van der Waals surface area (Å²) in [7, 11) is -8.18. The van der Waals surface area contributed by atoms with E-state index in [0.29, 0.717) is 11.3 Å². The number of benzene rings is 2. The molecule has 31 heavy (non-hydrogen) atoms. The molecular formula is C20H20N4O5S2. The largest absolute Gasteiger partial charge is 0.382 e. The van der Waals surface area contributed by atoms with E-state index in [-0.39, 0.29) is 28.6 Å². The van der Waals surface area contributed by atoms with E-state index in [4.69, 9.17) is 5.73 Å². The number of carbonyl (C=O) groups is 1. The van der Waals surface area contributed by atoms with Crippen LogP contribution in [0.5, 0.6) is 0 Å². The standard InChI is InChI=1S/C20H20N4O5S2/c1-13-3-7-15(8-4-13)17-12-22-20(21)19(23-17)18(25)11-14-5-9-16(10-6-14)31(28,29)24-30(2,26)27/h3-10,12,24H,11H2,1-2H3,(H2,21,22). The number of hydrogen-bond acceptors (Lipinski definition) is 8. The summed E-state index contributed by atoms with van der Waals surface area (Å²) in [5.74, 6) is -0.388. The van der Waals surface area contributed by atoms with Crippen molar-refractivity contribution in [3.63, 3.8) is 0 Å². The first-order valence-electron chi connectivity index (χ1n) is 9.00. The van der Waals surface area contributed by atoms with Crippen LogP contribution in [0.4, 0.5) is 5.82 Å². The van der Waals surface area contributed by atoms with Gasteiger partial charge < -0.3 is 5.73 Å². The second-order valence-electron chi connectivity index (χ2n) is 6.96. The molecule has 3 rings (SSSR count). The summed E-state index contributed by atoms with van der Waals surface area (Å²) in [6.45, 7) is 1.96. The summed E-state index contributed by atoms with van der Waals surface area (Å²) in [5.41, 5.74) is 8.75. The predicted octanol–water partition coefficient (Wildman–Crippen LogP) is 1.70. The van der Waals surface area contributed by atoms with Crippen LogP contribution in [-0.4, -0.2) is 38.8 Å². The Morgan fingerprint density at radius 1 is 1.00 bits per heavy atom. The zero-order chi connectivity index (χ0) is 22.8. The maximum Gasteiger partial charge on any atom is 0.253 e. The predicted molar refractivity (Wildman–Crippen MR) is 116 cm³/mol. The normalized spacial score (nSPS) is 11.9. The lowest BCUT2D eigenvalue weighted by molar-refractivity contribution is 0.0989. The van der Waals surface area contributed by atoms with E-state index in [1.807, 2.05) is 31.2 Å². The van der Waals surface area contributed by atoms with Gasteiger partial charge in [-0.2, -0.15) is 0 Å². The maximum atomic E-state index is 12.7. The average Bonchev–Trinajstić information content (AvgIpc) is 2.67. The van der Waals surface area contributed by atoms with E-state index in [0.717, 1.165) is 17.4 Å². The Balaban J connectivity index is 1.82. The molecule has 2 aromatic carbocycles. The van der Waals surface area contributed by atoms with Crippen LogP contribution in [0, 0.1) is 6.92 Å². The Morgan fingerprint density at radius 3 is 2.19 bits per heavy atom. The van der Waals surface area contributed by atoms with Crippen LogP contribution in [-0.2, 0) is 26.5 Å². The number of aryl methyl sites for hydroxylation is 1. The number of hydrogen-bond donors (Lipinski definition) is 2. The van der Waals surface area contributed by atoms with Gasteiger partial charge in [0.15, 0.2) is 11.6 Å². The fourth-order valence-corrected chi connectivity index (χ4v) is 5.24. The Hall–Kier alpha value is -3.15. The Morgan fingerprint density at radius 2 is 1.61 bits per heavy atom. The van der Waals surface area contributed by atoms with Crippen LogP contribution < -0.4 is 9.86 Å². The number of rotatable bonds is 7. The molecule has 1 heterocycles. The van der Waals surface area contributed by atoms with Gasteiger partial charge in [-0.1, -0.05) is 42.0 Å². The molecule has 1 aromatic heterocycles. The van der Waals surface area contributed by atoms with Crippen molar-refractivity contribution >= 4 is 31.6 Å². The van der Waals surface area contributed by atoms with Crippen molar-refractivity contribution in [2.45, 2.75) is 18.2 Å². The van der Waals surface area contributed by atoms with Crippen LogP contribution in [0.25, 0.3) is 11.3 Å². The fraction of sp³-hybridized carbons (Fsp3) is 0.150. The molecule has 0 amide bonds. The highest BCUT2D eigenvalue weighted by atomic mass is 32.3. The second kappa shape index (κ2) is 8.53. The van der Waals surface area contributed by atoms with Crippen molar-refractivity contribution in [1.82, 2.24) is 14.1 Å². The number of nitrogens with one attached hydrogen (secondary N) is 1. The zero-order valence-electron chi connectivity index (χ0n) is 16.7. The summed E-state index contributed by atoms with van der Waals surface area (Å²) in [4.78, 5) is 20.9. The van der Waals surface area contributed by atoms with Crippen LogP contribution in [0.2, 0.25) is 0 Å². The molecule has 0 spiro atoms. The molecule has 0 aliphatic carbocycles. The van der Waals surface area contributed by atoms with E-state index in [2.05, 4.69) is 9.97 Å². The Labute approximate surface area is 180 Å². The van der Waals surface area contributed by atoms with E-state index >= 15 is 0 Å². The van der Waals surface area contributed by atoms with Crippen molar-refractivity contribution in [3.8, 4) is 11.3 Å². The molecule has 0 aliphatic heterocycles. The number of anilines is 1. The van der Waals surface area contributed by atoms with Gasteiger partial charge in [-0.25, -0.2) is 26.8 Å². The van der Waals surface area contributed by atoms with E-state index in [9.17, 15) is 21.6 Å². The van der Waals surface area contributed by atoms with Crippen molar-refractivity contribution in [3.05, 3.63) is 71.5 Å². The fourth-order valence-electron chi connectivity index (χ4n) is 2.77. The van der Waals surface area contributed by atoms with Crippen LogP contribution >= 0.6 is 0 Å². The van der Waals surface area contributed by atoms with Gasteiger partial charge in [0.05, 0.1) is 23.0 Å². The summed E-state index contributed by atoms with van der Waals surface area (Å²) in [6.07, 6.45) is 2.15. The highest BCUT2D eigenvalue weighted by Gasteiger charge is 2.20. The average molecular weight is 461 g/mol.